The highest BCUT2D eigenvalue weighted by molar-refractivity contribution is 7.92. The monoisotopic (exact) mass is 419 g/mol. The van der Waals surface area contributed by atoms with Crippen molar-refractivity contribution in [3.63, 3.8) is 0 Å². The summed E-state index contributed by atoms with van der Waals surface area (Å²) in [7, 11) is -3.44. The second-order valence-electron chi connectivity index (χ2n) is 6.20. The number of nitrogens with zero attached hydrogens (tertiary/aromatic N) is 1. The van der Waals surface area contributed by atoms with Gasteiger partial charge in [-0.25, -0.2) is 17.8 Å². The molecule has 0 spiro atoms. The molecule has 3 aromatic rings. The van der Waals surface area contributed by atoms with Crippen molar-refractivity contribution in [2.45, 2.75) is 13.0 Å². The molecule has 0 saturated heterocycles. The van der Waals surface area contributed by atoms with Crippen LogP contribution in [0.25, 0.3) is 10.6 Å². The first-order valence-corrected chi connectivity index (χ1v) is 11.1. The second kappa shape index (κ2) is 8.07. The lowest BCUT2D eigenvalue weighted by Gasteiger charge is -2.18. The standard InChI is InChI=1S/C19H18FN3O3S2/c1-12(15-5-3-4-6-16(15)23-28(2,25)26)21-18(24)17-11-27-19(22-17)13-7-9-14(20)10-8-13/h3-12,23H,1-2H3,(H,21,24)/t12-/m0/s1. The van der Waals surface area contributed by atoms with Crippen LogP contribution in [0.15, 0.2) is 53.9 Å². The molecule has 2 N–H and O–H groups in total. The Morgan fingerprint density at radius 1 is 1.14 bits per heavy atom. The van der Waals surface area contributed by atoms with Gasteiger partial charge in [0.15, 0.2) is 0 Å². The summed E-state index contributed by atoms with van der Waals surface area (Å²) in [5.74, 6) is -0.722. The fraction of sp³-hybridized carbons (Fsp3) is 0.158. The fourth-order valence-corrected chi connectivity index (χ4v) is 4.01. The number of carbonyl (C=O) groups excluding carboxylic acids is 1. The summed E-state index contributed by atoms with van der Waals surface area (Å²) < 4.78 is 38.6. The summed E-state index contributed by atoms with van der Waals surface area (Å²) in [5.41, 5.74) is 2.00. The highest BCUT2D eigenvalue weighted by Gasteiger charge is 2.18. The number of para-hydroxylation sites is 1. The Balaban J connectivity index is 1.76. The van der Waals surface area contributed by atoms with Crippen LogP contribution in [0.1, 0.15) is 29.0 Å². The summed E-state index contributed by atoms with van der Waals surface area (Å²) in [6.45, 7) is 1.76. The summed E-state index contributed by atoms with van der Waals surface area (Å²) in [4.78, 5) is 16.9. The van der Waals surface area contributed by atoms with Crippen LogP contribution in [-0.2, 0) is 10.0 Å². The number of amides is 1. The van der Waals surface area contributed by atoms with E-state index in [9.17, 15) is 17.6 Å². The van der Waals surface area contributed by atoms with Crippen LogP contribution in [-0.4, -0.2) is 25.6 Å². The molecule has 2 aromatic carbocycles. The SMILES string of the molecule is C[C@H](NC(=O)c1csc(-c2ccc(F)cc2)n1)c1ccccc1NS(C)(=O)=O. The van der Waals surface area contributed by atoms with Crippen molar-refractivity contribution in [3.8, 4) is 10.6 Å². The topological polar surface area (TPSA) is 88.2 Å². The number of anilines is 1. The van der Waals surface area contributed by atoms with E-state index in [1.807, 2.05) is 0 Å². The molecule has 0 radical (unpaired) electrons. The molecule has 1 amide bonds. The first-order chi connectivity index (χ1) is 13.2. The minimum absolute atomic E-state index is 0.240. The molecule has 6 nitrogen and oxygen atoms in total. The van der Waals surface area contributed by atoms with Crippen LogP contribution in [0.2, 0.25) is 0 Å². The average molecular weight is 420 g/mol. The maximum absolute atomic E-state index is 13.1. The molecule has 9 heteroatoms. The van der Waals surface area contributed by atoms with E-state index in [2.05, 4.69) is 15.0 Å². The van der Waals surface area contributed by atoms with Crippen molar-refractivity contribution in [1.82, 2.24) is 10.3 Å². The number of aromatic nitrogens is 1. The Hall–Kier alpha value is -2.78. The Morgan fingerprint density at radius 2 is 1.82 bits per heavy atom. The smallest absolute Gasteiger partial charge is 0.271 e. The van der Waals surface area contributed by atoms with Crippen molar-refractivity contribution in [2.24, 2.45) is 0 Å². The number of benzene rings is 2. The van der Waals surface area contributed by atoms with Gasteiger partial charge in [-0.15, -0.1) is 11.3 Å². The Morgan fingerprint density at radius 3 is 2.50 bits per heavy atom. The number of rotatable bonds is 6. The van der Waals surface area contributed by atoms with E-state index in [1.54, 1.807) is 48.7 Å². The molecule has 1 aromatic heterocycles. The van der Waals surface area contributed by atoms with Gasteiger partial charge in [0, 0.05) is 10.9 Å². The second-order valence-corrected chi connectivity index (χ2v) is 8.81. The Kier molecular flexibility index (Phi) is 5.76. The lowest BCUT2D eigenvalue weighted by Crippen LogP contribution is -2.27. The zero-order valence-corrected chi connectivity index (χ0v) is 16.8. The van der Waals surface area contributed by atoms with E-state index >= 15 is 0 Å². The first kappa shape index (κ1) is 20.0. The minimum Gasteiger partial charge on any atom is -0.344 e. The summed E-state index contributed by atoms with van der Waals surface area (Å²) in [6.07, 6.45) is 1.07. The predicted molar refractivity (Wildman–Crippen MR) is 108 cm³/mol. The molecular formula is C19H18FN3O3S2. The van der Waals surface area contributed by atoms with Crippen LogP contribution in [0, 0.1) is 5.82 Å². The number of thiazole rings is 1. The minimum atomic E-state index is -3.44. The Labute approximate surface area is 166 Å². The average Bonchev–Trinajstić information content (AvgIpc) is 3.11. The van der Waals surface area contributed by atoms with Gasteiger partial charge in [-0.1, -0.05) is 18.2 Å². The van der Waals surface area contributed by atoms with E-state index < -0.39 is 16.1 Å². The lowest BCUT2D eigenvalue weighted by molar-refractivity contribution is 0.0936. The molecule has 0 bridgehead atoms. The maximum Gasteiger partial charge on any atom is 0.271 e. The quantitative estimate of drug-likeness (QED) is 0.636. The highest BCUT2D eigenvalue weighted by Crippen LogP contribution is 2.26. The zero-order chi connectivity index (χ0) is 20.3. The van der Waals surface area contributed by atoms with Crippen LogP contribution in [0.3, 0.4) is 0 Å². The van der Waals surface area contributed by atoms with Crippen molar-refractivity contribution < 1.29 is 17.6 Å². The van der Waals surface area contributed by atoms with Gasteiger partial charge < -0.3 is 5.32 Å². The van der Waals surface area contributed by atoms with E-state index in [0.29, 0.717) is 16.3 Å². The largest absolute Gasteiger partial charge is 0.344 e. The van der Waals surface area contributed by atoms with Gasteiger partial charge in [-0.3, -0.25) is 9.52 Å². The number of hydrogen-bond acceptors (Lipinski definition) is 5. The van der Waals surface area contributed by atoms with Crippen molar-refractivity contribution in [3.05, 3.63) is 71.0 Å². The first-order valence-electron chi connectivity index (χ1n) is 8.32. The normalized spacial score (nSPS) is 12.4. The molecule has 0 unspecified atom stereocenters. The van der Waals surface area contributed by atoms with Crippen LogP contribution >= 0.6 is 11.3 Å². The molecule has 1 heterocycles. The van der Waals surface area contributed by atoms with Crippen LogP contribution in [0.5, 0.6) is 0 Å². The molecule has 0 fully saturated rings. The highest BCUT2D eigenvalue weighted by atomic mass is 32.2. The predicted octanol–water partition coefficient (Wildman–Crippen LogP) is 3.81. The van der Waals surface area contributed by atoms with Crippen molar-refractivity contribution >= 4 is 33.0 Å². The fourth-order valence-electron chi connectivity index (χ4n) is 2.62. The molecule has 0 aliphatic rings. The molecule has 1 atom stereocenters. The Bertz CT molecular complexity index is 1100. The summed E-state index contributed by atoms with van der Waals surface area (Å²) in [5, 5.41) is 5.06. The van der Waals surface area contributed by atoms with Gasteiger partial charge in [0.1, 0.15) is 16.5 Å². The molecule has 0 saturated carbocycles. The molecule has 0 aliphatic carbocycles. The maximum atomic E-state index is 13.1. The number of nitrogens with one attached hydrogen (secondary N) is 2. The number of carbonyl (C=O) groups is 1. The van der Waals surface area contributed by atoms with Crippen LogP contribution < -0.4 is 10.0 Å². The lowest BCUT2D eigenvalue weighted by atomic mass is 10.1. The number of hydrogen-bond donors (Lipinski definition) is 2. The van der Waals surface area contributed by atoms with Gasteiger partial charge in [0.2, 0.25) is 10.0 Å². The van der Waals surface area contributed by atoms with Gasteiger partial charge in [-0.05, 0) is 42.8 Å². The molecular weight excluding hydrogens is 401 g/mol. The van der Waals surface area contributed by atoms with Crippen molar-refractivity contribution in [2.75, 3.05) is 11.0 Å². The molecule has 3 rings (SSSR count). The molecule has 28 heavy (non-hydrogen) atoms. The summed E-state index contributed by atoms with van der Waals surface area (Å²) in [6, 6.07) is 12.3. The van der Waals surface area contributed by atoms with E-state index in [4.69, 9.17) is 0 Å². The van der Waals surface area contributed by atoms with Crippen molar-refractivity contribution in [1.29, 1.82) is 0 Å². The van der Waals surface area contributed by atoms with Gasteiger partial charge in [-0.2, -0.15) is 0 Å². The van der Waals surface area contributed by atoms with Gasteiger partial charge in [0.25, 0.3) is 5.91 Å². The van der Waals surface area contributed by atoms with Gasteiger partial charge in [0.05, 0.1) is 18.0 Å². The summed E-state index contributed by atoms with van der Waals surface area (Å²) >= 11 is 1.28. The van der Waals surface area contributed by atoms with Crippen LogP contribution in [0.4, 0.5) is 10.1 Å². The van der Waals surface area contributed by atoms with Gasteiger partial charge >= 0.3 is 0 Å². The third-order valence-electron chi connectivity index (χ3n) is 3.90. The third-order valence-corrected chi connectivity index (χ3v) is 5.38. The third kappa shape index (κ3) is 4.93. The number of sulfonamides is 1. The van der Waals surface area contributed by atoms with E-state index in [1.165, 1.54) is 23.5 Å². The van der Waals surface area contributed by atoms with E-state index in [0.717, 1.165) is 11.8 Å². The number of halogens is 1. The molecule has 146 valence electrons. The molecule has 0 aliphatic heterocycles. The van der Waals surface area contributed by atoms with E-state index in [-0.39, 0.29) is 17.4 Å². The zero-order valence-electron chi connectivity index (χ0n) is 15.1.